The van der Waals surface area contributed by atoms with Crippen molar-refractivity contribution in [1.29, 1.82) is 0 Å². The Kier molecular flexibility index (Phi) is 7.65. The molecule has 0 bridgehead atoms. The molecule has 0 atom stereocenters. The van der Waals surface area contributed by atoms with Crippen LogP contribution in [-0.4, -0.2) is 29.0 Å². The van der Waals surface area contributed by atoms with Crippen molar-refractivity contribution in [1.82, 2.24) is 9.44 Å². The summed E-state index contributed by atoms with van der Waals surface area (Å²) in [7, 11) is -8.49. The van der Waals surface area contributed by atoms with E-state index in [-0.39, 0.29) is 16.4 Å². The van der Waals surface area contributed by atoms with Crippen molar-refractivity contribution < 1.29 is 26.4 Å². The van der Waals surface area contributed by atoms with Crippen molar-refractivity contribution in [3.05, 3.63) is 95.6 Å². The Labute approximate surface area is 193 Å². The minimum atomic E-state index is -4.24. The average Bonchev–Trinajstić information content (AvgIpc) is 2.78. The van der Waals surface area contributed by atoms with Crippen molar-refractivity contribution in [3.63, 3.8) is 0 Å². The van der Waals surface area contributed by atoms with Gasteiger partial charge in [-0.3, -0.25) is 0 Å². The number of ether oxygens (including phenoxy) is 1. The summed E-state index contributed by atoms with van der Waals surface area (Å²) in [5.41, 5.74) is 2.34. The predicted octanol–water partition coefficient (Wildman–Crippen LogP) is 2.63. The van der Waals surface area contributed by atoms with Crippen LogP contribution in [0, 0.1) is 13.8 Å². The van der Waals surface area contributed by atoms with Gasteiger partial charge >= 0.3 is 5.97 Å². The maximum absolute atomic E-state index is 12.8. The molecule has 0 fully saturated rings. The first kappa shape index (κ1) is 24.6. The van der Waals surface area contributed by atoms with Crippen molar-refractivity contribution in [2.45, 2.75) is 36.4 Å². The molecule has 0 aliphatic rings. The Bertz CT molecular complexity index is 1230. The van der Waals surface area contributed by atoms with Crippen LogP contribution in [0.5, 0.6) is 0 Å². The number of aryl methyl sites for hydroxylation is 2. The van der Waals surface area contributed by atoms with E-state index in [4.69, 9.17) is 4.74 Å². The molecule has 2 N–H and O–H groups in total. The van der Waals surface area contributed by atoms with Gasteiger partial charge in [0.05, 0.1) is 9.79 Å². The van der Waals surface area contributed by atoms with Gasteiger partial charge in [0.25, 0.3) is 0 Å². The Balaban J connectivity index is 1.87. The second-order valence-electron chi connectivity index (χ2n) is 7.40. The number of benzene rings is 3. The molecule has 174 valence electrons. The molecule has 0 radical (unpaired) electrons. The molecule has 0 unspecified atom stereocenters. The summed E-state index contributed by atoms with van der Waals surface area (Å²) in [6, 6.07) is 20.5. The number of rotatable bonds is 9. The Morgan fingerprint density at radius 2 is 1.15 bits per heavy atom. The van der Waals surface area contributed by atoms with Gasteiger partial charge in [0, 0.05) is 0 Å². The molecular formula is C23H24N2O6S2. The van der Waals surface area contributed by atoms with E-state index >= 15 is 0 Å². The van der Waals surface area contributed by atoms with Gasteiger partial charge in [-0.15, -0.1) is 0 Å². The molecule has 3 aromatic carbocycles. The van der Waals surface area contributed by atoms with Crippen LogP contribution in [0.25, 0.3) is 0 Å². The number of nitrogens with one attached hydrogen (secondary N) is 2. The topological polar surface area (TPSA) is 119 Å². The highest BCUT2D eigenvalue weighted by atomic mass is 32.2. The summed E-state index contributed by atoms with van der Waals surface area (Å²) in [6.45, 7) is 3.43. The third kappa shape index (κ3) is 6.72. The first-order valence-electron chi connectivity index (χ1n) is 9.95. The van der Waals surface area contributed by atoms with Crippen LogP contribution in [0.1, 0.15) is 16.7 Å². The normalized spacial score (nSPS) is 12.0. The molecule has 0 saturated heterocycles. The SMILES string of the molecule is Cc1ccc(S(=O)(=O)NC(NS(=O)(=O)c2ccc(C)cc2)C(=O)OCc2ccccc2)cc1. The van der Waals surface area contributed by atoms with Crippen molar-refractivity contribution in [3.8, 4) is 0 Å². The lowest BCUT2D eigenvalue weighted by atomic mass is 10.2. The molecule has 0 heterocycles. The summed E-state index contributed by atoms with van der Waals surface area (Å²) in [6.07, 6.45) is -1.88. The zero-order chi connectivity index (χ0) is 24.1. The highest BCUT2D eigenvalue weighted by Gasteiger charge is 2.31. The lowest BCUT2D eigenvalue weighted by Crippen LogP contribution is -2.53. The third-order valence-electron chi connectivity index (χ3n) is 4.67. The van der Waals surface area contributed by atoms with Crippen LogP contribution < -0.4 is 9.44 Å². The maximum Gasteiger partial charge on any atom is 0.340 e. The predicted molar refractivity (Wildman–Crippen MR) is 123 cm³/mol. The summed E-state index contributed by atoms with van der Waals surface area (Å²) < 4.78 is 60.8. The smallest absolute Gasteiger partial charge is 0.340 e. The van der Waals surface area contributed by atoms with E-state index in [1.807, 2.05) is 0 Å². The molecule has 8 nitrogen and oxygen atoms in total. The minimum Gasteiger partial charge on any atom is -0.459 e. The van der Waals surface area contributed by atoms with Gasteiger partial charge in [-0.05, 0) is 43.7 Å². The molecule has 3 rings (SSSR count). The van der Waals surface area contributed by atoms with Crippen molar-refractivity contribution in [2.75, 3.05) is 0 Å². The van der Waals surface area contributed by atoms with Gasteiger partial charge < -0.3 is 4.74 Å². The molecule has 0 saturated carbocycles. The molecule has 10 heteroatoms. The lowest BCUT2D eigenvalue weighted by molar-refractivity contribution is -0.147. The monoisotopic (exact) mass is 488 g/mol. The molecule has 3 aromatic rings. The van der Waals surface area contributed by atoms with Crippen molar-refractivity contribution in [2.24, 2.45) is 0 Å². The van der Waals surface area contributed by atoms with E-state index in [2.05, 4.69) is 9.44 Å². The standard InChI is InChI=1S/C23H24N2O6S2/c1-17-8-12-20(13-9-17)32(27,28)24-22(23(26)31-16-19-6-4-3-5-7-19)25-33(29,30)21-14-10-18(2)11-15-21/h3-15,22,24-25H,16H2,1-2H3. The summed E-state index contributed by atoms with van der Waals surface area (Å²) in [5, 5.41) is 0. The van der Waals surface area contributed by atoms with Crippen LogP contribution in [-0.2, 0) is 36.2 Å². The second-order valence-corrected chi connectivity index (χ2v) is 10.8. The zero-order valence-electron chi connectivity index (χ0n) is 18.1. The van der Waals surface area contributed by atoms with E-state index < -0.39 is 32.2 Å². The van der Waals surface area contributed by atoms with Crippen LogP contribution in [0.4, 0.5) is 0 Å². The van der Waals surface area contributed by atoms with Crippen molar-refractivity contribution >= 4 is 26.0 Å². The van der Waals surface area contributed by atoms with E-state index in [0.717, 1.165) is 11.1 Å². The summed E-state index contributed by atoms with van der Waals surface area (Å²) in [5.74, 6) is -1.09. The van der Waals surface area contributed by atoms with Crippen LogP contribution in [0.3, 0.4) is 0 Å². The fourth-order valence-corrected chi connectivity index (χ4v) is 5.08. The number of sulfonamides is 2. The molecule has 0 spiro atoms. The van der Waals surface area contributed by atoms with E-state index in [9.17, 15) is 21.6 Å². The number of hydrogen-bond donors (Lipinski definition) is 2. The van der Waals surface area contributed by atoms with Crippen LogP contribution in [0.15, 0.2) is 88.7 Å². The molecule has 0 aliphatic carbocycles. The first-order valence-corrected chi connectivity index (χ1v) is 12.9. The average molecular weight is 489 g/mol. The highest BCUT2D eigenvalue weighted by Crippen LogP contribution is 2.14. The summed E-state index contributed by atoms with van der Waals surface area (Å²) in [4.78, 5) is 12.5. The second kappa shape index (κ2) is 10.3. The number of hydrogen-bond acceptors (Lipinski definition) is 6. The number of carbonyl (C=O) groups is 1. The van der Waals surface area contributed by atoms with Gasteiger partial charge in [0.15, 0.2) is 6.17 Å². The first-order chi connectivity index (χ1) is 15.6. The van der Waals surface area contributed by atoms with Gasteiger partial charge in [0.2, 0.25) is 20.0 Å². The molecular weight excluding hydrogens is 464 g/mol. The third-order valence-corrected chi connectivity index (χ3v) is 7.55. The number of carbonyl (C=O) groups excluding carboxylic acids is 1. The van der Waals surface area contributed by atoms with E-state index in [1.54, 1.807) is 68.4 Å². The van der Waals surface area contributed by atoms with E-state index in [1.165, 1.54) is 24.3 Å². The quantitative estimate of drug-likeness (QED) is 0.353. The van der Waals surface area contributed by atoms with Gasteiger partial charge in [-0.25, -0.2) is 21.6 Å². The van der Waals surface area contributed by atoms with Gasteiger partial charge in [-0.2, -0.15) is 9.44 Å². The fourth-order valence-electron chi connectivity index (χ4n) is 2.81. The lowest BCUT2D eigenvalue weighted by Gasteiger charge is -2.19. The Morgan fingerprint density at radius 3 is 1.58 bits per heavy atom. The van der Waals surface area contributed by atoms with Gasteiger partial charge in [0.1, 0.15) is 6.61 Å². The van der Waals surface area contributed by atoms with Crippen LogP contribution in [0.2, 0.25) is 0 Å². The summed E-state index contributed by atoms with van der Waals surface area (Å²) >= 11 is 0. The largest absolute Gasteiger partial charge is 0.459 e. The maximum atomic E-state index is 12.8. The highest BCUT2D eigenvalue weighted by molar-refractivity contribution is 7.90. The minimum absolute atomic E-state index is 0.122. The fraction of sp³-hybridized carbons (Fsp3) is 0.174. The van der Waals surface area contributed by atoms with Gasteiger partial charge in [-0.1, -0.05) is 65.7 Å². The van der Waals surface area contributed by atoms with Crippen LogP contribution >= 0.6 is 0 Å². The van der Waals surface area contributed by atoms with E-state index in [0.29, 0.717) is 5.56 Å². The Hall–Kier alpha value is -3.05. The number of esters is 1. The molecule has 0 aliphatic heterocycles. The molecule has 33 heavy (non-hydrogen) atoms. The Morgan fingerprint density at radius 1 is 0.727 bits per heavy atom. The molecule has 0 aromatic heterocycles. The zero-order valence-corrected chi connectivity index (χ0v) is 19.7. The molecule has 0 amide bonds.